The number of carbonyl (C=O) groups excluding carboxylic acids is 2. The van der Waals surface area contributed by atoms with E-state index in [1.54, 1.807) is 13.8 Å². The third kappa shape index (κ3) is 4.91. The van der Waals surface area contributed by atoms with Crippen LogP contribution in [0.5, 0.6) is 0 Å². The molecule has 0 aromatic heterocycles. The molecule has 8 heteroatoms. The van der Waals surface area contributed by atoms with Crippen LogP contribution in [0.25, 0.3) is 11.1 Å². The van der Waals surface area contributed by atoms with Gasteiger partial charge in [-0.15, -0.1) is 0 Å². The fourth-order valence-electron chi connectivity index (χ4n) is 3.91. The first-order valence-electron chi connectivity index (χ1n) is 10.5. The van der Waals surface area contributed by atoms with Crippen LogP contribution in [0.1, 0.15) is 37.3 Å². The van der Waals surface area contributed by atoms with E-state index in [0.29, 0.717) is 0 Å². The van der Waals surface area contributed by atoms with Gasteiger partial charge in [0.15, 0.2) is 6.04 Å². The first kappa shape index (κ1) is 23.3. The second-order valence-corrected chi connectivity index (χ2v) is 7.70. The molecule has 0 bridgehead atoms. The van der Waals surface area contributed by atoms with Crippen molar-refractivity contribution in [1.29, 1.82) is 0 Å². The van der Waals surface area contributed by atoms with Gasteiger partial charge in [-0.1, -0.05) is 55.5 Å². The molecule has 0 spiro atoms. The van der Waals surface area contributed by atoms with Gasteiger partial charge in [0.1, 0.15) is 12.6 Å². The minimum absolute atomic E-state index is 0.0963. The molecular weight excluding hydrogens is 412 g/mol. The molecule has 2 aromatic rings. The first-order valence-corrected chi connectivity index (χ1v) is 10.5. The molecule has 2 unspecified atom stereocenters. The molecule has 0 saturated carbocycles. The summed E-state index contributed by atoms with van der Waals surface area (Å²) in [6, 6.07) is 13.8. The Bertz CT molecular complexity index is 946. The van der Waals surface area contributed by atoms with Crippen molar-refractivity contribution in [3.63, 3.8) is 0 Å². The number of fused-ring (bicyclic) bond motifs is 3. The molecule has 0 aliphatic heterocycles. The average Bonchev–Trinajstić information content (AvgIpc) is 3.12. The molecule has 0 fully saturated rings. The molecule has 170 valence electrons. The fourth-order valence-corrected chi connectivity index (χ4v) is 3.91. The molecule has 1 aliphatic rings. The van der Waals surface area contributed by atoms with Gasteiger partial charge in [0.2, 0.25) is 5.91 Å². The lowest BCUT2D eigenvalue weighted by atomic mass is 9.98. The number of carboxylic acid groups (broad SMARTS) is 1. The van der Waals surface area contributed by atoms with Gasteiger partial charge in [-0.05, 0) is 35.6 Å². The second-order valence-electron chi connectivity index (χ2n) is 7.70. The summed E-state index contributed by atoms with van der Waals surface area (Å²) in [5.74, 6) is -1.93. The van der Waals surface area contributed by atoms with Gasteiger partial charge in [-0.2, -0.15) is 0 Å². The minimum Gasteiger partial charge on any atom is -0.480 e. The Morgan fingerprint density at radius 2 is 1.56 bits per heavy atom. The van der Waals surface area contributed by atoms with E-state index in [1.165, 1.54) is 7.11 Å². The number of nitrogens with one attached hydrogen (secondary N) is 2. The summed E-state index contributed by atoms with van der Waals surface area (Å²) in [4.78, 5) is 36.4. The van der Waals surface area contributed by atoms with Gasteiger partial charge >= 0.3 is 12.1 Å². The van der Waals surface area contributed by atoms with E-state index in [1.807, 2.05) is 48.5 Å². The minimum atomic E-state index is -1.23. The summed E-state index contributed by atoms with van der Waals surface area (Å²) in [6.45, 7) is 3.37. The zero-order valence-electron chi connectivity index (χ0n) is 18.3. The topological polar surface area (TPSA) is 114 Å². The van der Waals surface area contributed by atoms with Crippen molar-refractivity contribution in [3.05, 3.63) is 59.7 Å². The van der Waals surface area contributed by atoms with Crippen LogP contribution in [0, 0.1) is 0 Å². The van der Waals surface area contributed by atoms with Crippen molar-refractivity contribution in [3.8, 4) is 11.1 Å². The maximum atomic E-state index is 12.5. The molecule has 3 atom stereocenters. The average molecular weight is 440 g/mol. The smallest absolute Gasteiger partial charge is 0.407 e. The highest BCUT2D eigenvalue weighted by Gasteiger charge is 2.31. The Morgan fingerprint density at radius 3 is 2.06 bits per heavy atom. The molecule has 2 amide bonds. The van der Waals surface area contributed by atoms with Crippen LogP contribution in [-0.2, 0) is 19.1 Å². The van der Waals surface area contributed by atoms with E-state index in [9.17, 15) is 19.5 Å². The van der Waals surface area contributed by atoms with E-state index < -0.39 is 36.2 Å². The SMILES string of the molecule is CC[C@@H](NC(=O)OCC1c2ccccc2-c2ccccc21)C(=O)NC(C(=O)O)C(C)OC. The van der Waals surface area contributed by atoms with Crippen molar-refractivity contribution in [1.82, 2.24) is 10.6 Å². The van der Waals surface area contributed by atoms with Gasteiger partial charge in [-0.25, -0.2) is 9.59 Å². The Morgan fingerprint density at radius 1 is 1.00 bits per heavy atom. The quantitative estimate of drug-likeness (QED) is 0.553. The summed E-state index contributed by atoms with van der Waals surface area (Å²) in [6.07, 6.45) is -1.20. The summed E-state index contributed by atoms with van der Waals surface area (Å²) in [5, 5.41) is 14.3. The van der Waals surface area contributed by atoms with Crippen molar-refractivity contribution < 1.29 is 29.0 Å². The number of hydrogen-bond acceptors (Lipinski definition) is 5. The van der Waals surface area contributed by atoms with Crippen LogP contribution >= 0.6 is 0 Å². The van der Waals surface area contributed by atoms with Gasteiger partial charge in [0.25, 0.3) is 0 Å². The lowest BCUT2D eigenvalue weighted by molar-refractivity contribution is -0.145. The maximum absolute atomic E-state index is 12.5. The fraction of sp³-hybridized carbons (Fsp3) is 0.375. The van der Waals surface area contributed by atoms with Crippen LogP contribution in [0.15, 0.2) is 48.5 Å². The van der Waals surface area contributed by atoms with Crippen molar-refractivity contribution in [2.24, 2.45) is 0 Å². The number of amides is 2. The number of benzene rings is 2. The highest BCUT2D eigenvalue weighted by atomic mass is 16.5. The highest BCUT2D eigenvalue weighted by molar-refractivity contribution is 5.89. The van der Waals surface area contributed by atoms with Crippen LogP contribution in [0.4, 0.5) is 4.79 Å². The van der Waals surface area contributed by atoms with E-state index in [4.69, 9.17) is 9.47 Å². The van der Waals surface area contributed by atoms with Crippen LogP contribution < -0.4 is 10.6 Å². The summed E-state index contributed by atoms with van der Waals surface area (Å²) in [5.41, 5.74) is 4.41. The maximum Gasteiger partial charge on any atom is 0.407 e. The Kier molecular flexibility index (Phi) is 7.48. The van der Waals surface area contributed by atoms with Crippen LogP contribution in [0.3, 0.4) is 0 Å². The highest BCUT2D eigenvalue weighted by Crippen LogP contribution is 2.44. The molecule has 0 radical (unpaired) electrons. The molecule has 0 heterocycles. The summed E-state index contributed by atoms with van der Waals surface area (Å²) < 4.78 is 10.5. The third-order valence-corrected chi connectivity index (χ3v) is 5.77. The number of aliphatic carboxylic acids is 1. The molecule has 8 nitrogen and oxygen atoms in total. The monoisotopic (exact) mass is 440 g/mol. The van der Waals surface area contributed by atoms with E-state index in [2.05, 4.69) is 10.6 Å². The first-order chi connectivity index (χ1) is 15.4. The van der Waals surface area contributed by atoms with Crippen molar-refractivity contribution in [2.45, 2.75) is 44.4 Å². The van der Waals surface area contributed by atoms with Gasteiger partial charge in [0.05, 0.1) is 6.10 Å². The van der Waals surface area contributed by atoms with Gasteiger partial charge in [0, 0.05) is 13.0 Å². The predicted octanol–water partition coefficient (Wildman–Crippen LogP) is 2.91. The van der Waals surface area contributed by atoms with E-state index in [0.717, 1.165) is 22.3 Å². The summed E-state index contributed by atoms with van der Waals surface area (Å²) >= 11 is 0. The predicted molar refractivity (Wildman–Crippen MR) is 118 cm³/mol. The third-order valence-electron chi connectivity index (χ3n) is 5.77. The molecule has 2 aromatic carbocycles. The molecular formula is C24H28N2O6. The number of carboxylic acids is 1. The standard InChI is InChI=1S/C24H28N2O6/c1-4-20(22(27)26-21(23(28)29)14(2)31-3)25-24(30)32-13-19-17-11-7-5-9-15(17)16-10-6-8-12-18(16)19/h5-12,14,19-21H,4,13H2,1-3H3,(H,25,30)(H,26,27)(H,28,29)/t14?,20-,21?/m1/s1. The van der Waals surface area contributed by atoms with Crippen molar-refractivity contribution >= 4 is 18.0 Å². The molecule has 1 aliphatic carbocycles. The van der Waals surface area contributed by atoms with Gasteiger partial charge in [-0.3, -0.25) is 4.79 Å². The largest absolute Gasteiger partial charge is 0.480 e. The summed E-state index contributed by atoms with van der Waals surface area (Å²) in [7, 11) is 1.36. The number of methoxy groups -OCH3 is 1. The second kappa shape index (κ2) is 10.3. The normalized spacial score (nSPS) is 15.1. The van der Waals surface area contributed by atoms with Crippen LogP contribution in [-0.4, -0.2) is 55.0 Å². The zero-order valence-corrected chi connectivity index (χ0v) is 18.3. The zero-order chi connectivity index (χ0) is 23.3. The molecule has 3 rings (SSSR count). The molecule has 3 N–H and O–H groups in total. The number of hydrogen-bond donors (Lipinski definition) is 3. The van der Waals surface area contributed by atoms with Crippen molar-refractivity contribution in [2.75, 3.05) is 13.7 Å². The Hall–Kier alpha value is -3.39. The number of alkyl carbamates (subject to hydrolysis) is 1. The Labute approximate surface area is 186 Å². The number of carbonyl (C=O) groups is 3. The van der Waals surface area contributed by atoms with Gasteiger partial charge < -0.3 is 25.2 Å². The van der Waals surface area contributed by atoms with Crippen LogP contribution in [0.2, 0.25) is 0 Å². The Balaban J connectivity index is 1.63. The molecule has 32 heavy (non-hydrogen) atoms. The van der Waals surface area contributed by atoms with E-state index >= 15 is 0 Å². The number of ether oxygens (including phenoxy) is 2. The van der Waals surface area contributed by atoms with E-state index in [-0.39, 0.29) is 18.9 Å². The number of rotatable bonds is 9. The lowest BCUT2D eigenvalue weighted by Crippen LogP contribution is -2.55. The lowest BCUT2D eigenvalue weighted by Gasteiger charge is -2.23. The molecule has 0 saturated heterocycles.